The van der Waals surface area contributed by atoms with Gasteiger partial charge in [-0.2, -0.15) is 0 Å². The molecule has 0 heterocycles. The Morgan fingerprint density at radius 2 is 0.800 bits per heavy atom. The fourth-order valence-corrected chi connectivity index (χ4v) is 5.98. The van der Waals surface area contributed by atoms with E-state index in [-0.39, 0.29) is 31.6 Å². The number of carbonyl (C=O) groups excluding carboxylic acids is 2. The molecule has 0 aromatic heterocycles. The van der Waals surface area contributed by atoms with E-state index in [2.05, 4.69) is 130 Å². The summed E-state index contributed by atoms with van der Waals surface area (Å²) in [5.74, 6) is -0.583. The van der Waals surface area contributed by atoms with E-state index in [4.69, 9.17) is 14.2 Å². The molecular formula is C55H88O5. The van der Waals surface area contributed by atoms with E-state index >= 15 is 0 Å². The molecule has 0 saturated carbocycles. The van der Waals surface area contributed by atoms with Crippen LogP contribution in [0.4, 0.5) is 0 Å². The van der Waals surface area contributed by atoms with Crippen LogP contribution in [0.2, 0.25) is 0 Å². The minimum atomic E-state index is -0.602. The molecule has 0 saturated heterocycles. The lowest BCUT2D eigenvalue weighted by atomic mass is 10.1. The summed E-state index contributed by atoms with van der Waals surface area (Å²) in [5.41, 5.74) is 0. The molecule has 0 aromatic rings. The molecule has 5 heteroatoms. The molecule has 338 valence electrons. The Kier molecular flexibility index (Phi) is 46.6. The normalized spacial score (nSPS) is 13.3. The van der Waals surface area contributed by atoms with E-state index in [0.717, 1.165) is 109 Å². The zero-order valence-electron chi connectivity index (χ0n) is 38.7. The van der Waals surface area contributed by atoms with E-state index in [0.29, 0.717) is 13.0 Å². The molecule has 0 aliphatic rings. The summed E-state index contributed by atoms with van der Waals surface area (Å²) in [7, 11) is 0. The third-order valence-corrected chi connectivity index (χ3v) is 9.50. The van der Waals surface area contributed by atoms with Crippen LogP contribution in [0.1, 0.15) is 188 Å². The molecule has 0 aliphatic heterocycles. The van der Waals surface area contributed by atoms with Crippen LogP contribution < -0.4 is 0 Å². The molecule has 1 atom stereocenters. The molecule has 0 fully saturated rings. The summed E-state index contributed by atoms with van der Waals surface area (Å²) >= 11 is 0. The number of unbranched alkanes of at least 4 members (excludes halogenated alkanes) is 12. The van der Waals surface area contributed by atoms with E-state index in [9.17, 15) is 9.59 Å². The Morgan fingerprint density at radius 1 is 0.400 bits per heavy atom. The highest BCUT2D eigenvalue weighted by atomic mass is 16.6. The Hall–Kier alpha value is -3.70. The van der Waals surface area contributed by atoms with Gasteiger partial charge in [-0.15, -0.1) is 0 Å². The van der Waals surface area contributed by atoms with E-state index < -0.39 is 6.10 Å². The Bertz CT molecular complexity index is 1260. The number of allylic oxidation sites excluding steroid dienone is 19. The van der Waals surface area contributed by atoms with Gasteiger partial charge < -0.3 is 14.2 Å². The van der Waals surface area contributed by atoms with Gasteiger partial charge in [0, 0.05) is 13.0 Å². The summed E-state index contributed by atoms with van der Waals surface area (Å²) in [6.45, 7) is 7.38. The van der Waals surface area contributed by atoms with Crippen molar-refractivity contribution >= 4 is 11.9 Å². The zero-order valence-corrected chi connectivity index (χ0v) is 38.7. The third-order valence-electron chi connectivity index (χ3n) is 9.50. The van der Waals surface area contributed by atoms with Crippen LogP contribution >= 0.6 is 0 Å². The predicted octanol–water partition coefficient (Wildman–Crippen LogP) is 16.2. The van der Waals surface area contributed by atoms with Gasteiger partial charge in [0.1, 0.15) is 6.61 Å². The zero-order chi connectivity index (χ0) is 43.5. The van der Waals surface area contributed by atoms with Gasteiger partial charge in [0.15, 0.2) is 6.10 Å². The largest absolute Gasteiger partial charge is 0.461 e. The van der Waals surface area contributed by atoms with Crippen molar-refractivity contribution in [3.63, 3.8) is 0 Å². The van der Waals surface area contributed by atoms with Crippen LogP contribution in [0.3, 0.4) is 0 Å². The fourth-order valence-electron chi connectivity index (χ4n) is 5.98. The number of rotatable bonds is 42. The van der Waals surface area contributed by atoms with Gasteiger partial charge in [0.2, 0.25) is 0 Å². The molecule has 60 heavy (non-hydrogen) atoms. The maximum Gasteiger partial charge on any atom is 0.309 e. The molecule has 0 rings (SSSR count). The average Bonchev–Trinajstić information content (AvgIpc) is 3.25. The standard InChI is InChI=1S/C55H88O5/c1-4-7-10-13-16-19-22-25-28-30-33-36-39-42-45-48-54(56)59-52-53(51-58-50-47-44-41-38-35-32-27-24-21-18-15-12-9-6-3)60-55(57)49-46-43-40-37-34-31-29-26-23-20-17-14-11-8-5-2/h7,9-10,12,16-21,25-29,32-33,36,42,45,53H,4-6,8,11,13-15,22-24,30-31,34-35,37-41,43-44,46-52H2,1-3H3/b10-7-,12-9-,19-16-,20-17-,21-18-,28-25-,29-26-,32-27-,36-33-,45-42-. The van der Waals surface area contributed by atoms with Crippen LogP contribution in [0, 0.1) is 0 Å². The maximum atomic E-state index is 12.8. The smallest absolute Gasteiger partial charge is 0.309 e. The maximum absolute atomic E-state index is 12.8. The van der Waals surface area contributed by atoms with Gasteiger partial charge in [-0.1, -0.05) is 187 Å². The van der Waals surface area contributed by atoms with Gasteiger partial charge in [0.25, 0.3) is 0 Å². The Morgan fingerprint density at radius 3 is 1.28 bits per heavy atom. The SMILES string of the molecule is CC/C=C\C/C=C\C/C=C\C/C=C\C/C=C\CC(=O)OCC(COCCCCCC/C=C\C/C=C\C/C=C\CC)OC(=O)CCCCCCC/C=C\C/C=C\CCCCC. The number of ether oxygens (including phenoxy) is 3. The Labute approximate surface area is 369 Å². The summed E-state index contributed by atoms with van der Waals surface area (Å²) in [6, 6.07) is 0. The van der Waals surface area contributed by atoms with Crippen molar-refractivity contribution in [3.05, 3.63) is 122 Å². The van der Waals surface area contributed by atoms with Gasteiger partial charge in [0.05, 0.1) is 13.0 Å². The second-order valence-electron chi connectivity index (χ2n) is 15.3. The molecular weight excluding hydrogens is 741 g/mol. The first-order chi connectivity index (χ1) is 29.6. The summed E-state index contributed by atoms with van der Waals surface area (Å²) in [6.07, 6.45) is 69.4. The predicted molar refractivity (Wildman–Crippen MR) is 260 cm³/mol. The van der Waals surface area contributed by atoms with Crippen LogP contribution in [-0.2, 0) is 23.8 Å². The lowest BCUT2D eigenvalue weighted by Crippen LogP contribution is -2.30. The lowest BCUT2D eigenvalue weighted by molar-refractivity contribution is -0.162. The van der Waals surface area contributed by atoms with Gasteiger partial charge in [-0.3, -0.25) is 9.59 Å². The molecule has 0 N–H and O–H groups in total. The quantitative estimate of drug-likeness (QED) is 0.0348. The van der Waals surface area contributed by atoms with Crippen LogP contribution in [-0.4, -0.2) is 37.9 Å². The first-order valence-corrected chi connectivity index (χ1v) is 24.1. The van der Waals surface area contributed by atoms with Crippen molar-refractivity contribution in [2.45, 2.75) is 194 Å². The minimum Gasteiger partial charge on any atom is -0.461 e. The fraction of sp³-hybridized carbons (Fsp3) is 0.600. The monoisotopic (exact) mass is 829 g/mol. The number of hydrogen-bond acceptors (Lipinski definition) is 5. The van der Waals surface area contributed by atoms with Crippen molar-refractivity contribution in [3.8, 4) is 0 Å². The molecule has 0 spiro atoms. The number of esters is 2. The highest BCUT2D eigenvalue weighted by molar-refractivity contribution is 5.71. The van der Waals surface area contributed by atoms with Crippen molar-refractivity contribution in [2.24, 2.45) is 0 Å². The molecule has 1 unspecified atom stereocenters. The summed E-state index contributed by atoms with van der Waals surface area (Å²) in [4.78, 5) is 25.3. The first-order valence-electron chi connectivity index (χ1n) is 24.1. The van der Waals surface area contributed by atoms with E-state index in [1.54, 1.807) is 0 Å². The molecule has 0 amide bonds. The lowest BCUT2D eigenvalue weighted by Gasteiger charge is -2.18. The molecule has 0 aromatic carbocycles. The van der Waals surface area contributed by atoms with Crippen molar-refractivity contribution in [1.82, 2.24) is 0 Å². The average molecular weight is 829 g/mol. The van der Waals surface area contributed by atoms with Crippen molar-refractivity contribution < 1.29 is 23.8 Å². The third kappa shape index (κ3) is 47.0. The summed E-state index contributed by atoms with van der Waals surface area (Å²) in [5, 5.41) is 0. The highest BCUT2D eigenvalue weighted by Crippen LogP contribution is 2.11. The second kappa shape index (κ2) is 49.7. The first kappa shape index (κ1) is 56.3. The summed E-state index contributed by atoms with van der Waals surface area (Å²) < 4.78 is 17.2. The van der Waals surface area contributed by atoms with Gasteiger partial charge in [-0.05, 0) is 109 Å². The van der Waals surface area contributed by atoms with Crippen LogP contribution in [0.15, 0.2) is 122 Å². The van der Waals surface area contributed by atoms with Crippen molar-refractivity contribution in [1.29, 1.82) is 0 Å². The van der Waals surface area contributed by atoms with Crippen molar-refractivity contribution in [2.75, 3.05) is 19.8 Å². The molecule has 5 nitrogen and oxygen atoms in total. The molecule has 0 radical (unpaired) electrons. The van der Waals surface area contributed by atoms with Gasteiger partial charge in [-0.25, -0.2) is 0 Å². The number of hydrogen-bond donors (Lipinski definition) is 0. The Balaban J connectivity index is 4.49. The number of carbonyl (C=O) groups is 2. The molecule has 0 bridgehead atoms. The van der Waals surface area contributed by atoms with Crippen LogP contribution in [0.5, 0.6) is 0 Å². The highest BCUT2D eigenvalue weighted by Gasteiger charge is 2.17. The molecule has 0 aliphatic carbocycles. The topological polar surface area (TPSA) is 61.8 Å². The van der Waals surface area contributed by atoms with Crippen LogP contribution in [0.25, 0.3) is 0 Å². The van der Waals surface area contributed by atoms with E-state index in [1.165, 1.54) is 44.9 Å². The minimum absolute atomic E-state index is 0.00834. The van der Waals surface area contributed by atoms with E-state index in [1.807, 2.05) is 12.2 Å². The van der Waals surface area contributed by atoms with Gasteiger partial charge >= 0.3 is 11.9 Å². The second-order valence-corrected chi connectivity index (χ2v) is 15.3.